The van der Waals surface area contributed by atoms with Gasteiger partial charge in [0.1, 0.15) is 5.82 Å². The van der Waals surface area contributed by atoms with E-state index in [4.69, 9.17) is 4.42 Å². The largest absolute Gasteiger partial charge is 0.461 e. The minimum atomic E-state index is -4.46. The number of hydrogen-bond donors (Lipinski definition) is 2. The Morgan fingerprint density at radius 1 is 1.28 bits per heavy atom. The number of hydrogen-bond acceptors (Lipinski definition) is 5. The molecule has 3 heterocycles. The van der Waals surface area contributed by atoms with Crippen LogP contribution in [0, 0.1) is 5.92 Å². The zero-order valence-electron chi connectivity index (χ0n) is 17.0. The van der Waals surface area contributed by atoms with Crippen LogP contribution in [0.2, 0.25) is 0 Å². The van der Waals surface area contributed by atoms with E-state index in [9.17, 15) is 22.8 Å². The van der Waals surface area contributed by atoms with E-state index in [1.54, 1.807) is 19.2 Å². The molecule has 1 aliphatic heterocycles. The van der Waals surface area contributed by atoms with Gasteiger partial charge in [0.05, 0.1) is 30.3 Å². The number of nitrogens with one attached hydrogen (secondary N) is 2. The molecule has 3 aromatic rings. The predicted molar refractivity (Wildman–Crippen MR) is 106 cm³/mol. The van der Waals surface area contributed by atoms with Gasteiger partial charge in [0.25, 0.3) is 0 Å². The fourth-order valence-electron chi connectivity index (χ4n) is 3.83. The third kappa shape index (κ3) is 4.36. The lowest BCUT2D eigenvalue weighted by molar-refractivity contribution is -0.142. The molecule has 2 unspecified atom stereocenters. The van der Waals surface area contributed by atoms with Crippen molar-refractivity contribution in [3.63, 3.8) is 0 Å². The summed E-state index contributed by atoms with van der Waals surface area (Å²) in [5.74, 6) is 0.124. The highest BCUT2D eigenvalue weighted by atomic mass is 19.4. The summed E-state index contributed by atoms with van der Waals surface area (Å²) in [7, 11) is 1.55. The molecule has 168 valence electrons. The number of nitrogens with zero attached hydrogens (tertiary/aromatic N) is 3. The van der Waals surface area contributed by atoms with Crippen LogP contribution in [0.1, 0.15) is 35.8 Å². The number of carbonyl (C=O) groups is 2. The first-order valence-corrected chi connectivity index (χ1v) is 9.89. The molecule has 2 amide bonds. The molecular formula is C21H20F3N5O3. The van der Waals surface area contributed by atoms with Crippen LogP contribution in [0.15, 0.2) is 47.1 Å². The SMILES string of the molecule is CN1C(=O)CCC(C(=O)NCc2nc(-c3ccco3)n[nH]2)C1c1ccc(C(F)(F)F)cc1. The molecule has 11 heteroatoms. The Morgan fingerprint density at radius 3 is 2.69 bits per heavy atom. The van der Waals surface area contributed by atoms with E-state index >= 15 is 0 Å². The zero-order valence-corrected chi connectivity index (χ0v) is 17.0. The van der Waals surface area contributed by atoms with Gasteiger partial charge in [-0.1, -0.05) is 12.1 Å². The Bertz CT molecular complexity index is 1090. The molecule has 0 bridgehead atoms. The van der Waals surface area contributed by atoms with Crippen LogP contribution < -0.4 is 5.32 Å². The number of amides is 2. The smallest absolute Gasteiger partial charge is 0.416 e. The van der Waals surface area contributed by atoms with E-state index in [2.05, 4.69) is 20.5 Å². The maximum atomic E-state index is 13.0. The number of aromatic amines is 1. The number of likely N-dealkylation sites (tertiary alicyclic amines) is 1. The van der Waals surface area contributed by atoms with Crippen molar-refractivity contribution in [3.8, 4) is 11.6 Å². The fraction of sp³-hybridized carbons (Fsp3) is 0.333. The van der Waals surface area contributed by atoms with Crippen LogP contribution in [-0.2, 0) is 22.3 Å². The standard InChI is InChI=1S/C21H20F3N5O3/c1-29-17(30)9-8-14(18(29)12-4-6-13(7-5-12)21(22,23)24)20(31)25-11-16-26-19(28-27-16)15-3-2-10-32-15/h2-7,10,14,18H,8-9,11H2,1H3,(H,25,31)(H,26,27,28). The van der Waals surface area contributed by atoms with Crippen LogP contribution in [0.5, 0.6) is 0 Å². The first kappa shape index (κ1) is 21.6. The van der Waals surface area contributed by atoms with E-state index in [1.807, 2.05) is 0 Å². The van der Waals surface area contributed by atoms with Crippen molar-refractivity contribution in [2.45, 2.75) is 31.6 Å². The van der Waals surface area contributed by atoms with Crippen molar-refractivity contribution in [1.29, 1.82) is 0 Å². The molecule has 0 radical (unpaired) electrons. The third-order valence-corrected chi connectivity index (χ3v) is 5.48. The highest BCUT2D eigenvalue weighted by Gasteiger charge is 2.39. The second-order valence-corrected chi connectivity index (χ2v) is 7.52. The number of halogens is 3. The van der Waals surface area contributed by atoms with Gasteiger partial charge in [-0.2, -0.15) is 13.2 Å². The fourth-order valence-corrected chi connectivity index (χ4v) is 3.83. The maximum absolute atomic E-state index is 13.0. The number of carbonyl (C=O) groups excluding carboxylic acids is 2. The van der Waals surface area contributed by atoms with E-state index in [0.29, 0.717) is 23.0 Å². The lowest BCUT2D eigenvalue weighted by Gasteiger charge is -2.38. The van der Waals surface area contributed by atoms with Crippen LogP contribution in [0.3, 0.4) is 0 Å². The normalized spacial score (nSPS) is 19.2. The summed E-state index contributed by atoms with van der Waals surface area (Å²) in [5.41, 5.74) is -0.321. The minimum Gasteiger partial charge on any atom is -0.461 e. The quantitative estimate of drug-likeness (QED) is 0.625. The van der Waals surface area contributed by atoms with Crippen molar-refractivity contribution in [2.24, 2.45) is 5.92 Å². The summed E-state index contributed by atoms with van der Waals surface area (Å²) in [6.45, 7) is 0.0699. The summed E-state index contributed by atoms with van der Waals surface area (Å²) < 4.78 is 44.0. The zero-order chi connectivity index (χ0) is 22.9. The lowest BCUT2D eigenvalue weighted by Crippen LogP contribution is -2.46. The van der Waals surface area contributed by atoms with E-state index in [0.717, 1.165) is 12.1 Å². The number of piperidine rings is 1. The maximum Gasteiger partial charge on any atom is 0.416 e. The van der Waals surface area contributed by atoms with Crippen LogP contribution in [0.4, 0.5) is 13.2 Å². The molecule has 2 aromatic heterocycles. The molecule has 1 aliphatic rings. The molecule has 4 rings (SSSR count). The molecule has 1 fully saturated rings. The van der Waals surface area contributed by atoms with E-state index in [1.165, 1.54) is 23.3 Å². The molecule has 1 aromatic carbocycles. The van der Waals surface area contributed by atoms with Crippen molar-refractivity contribution >= 4 is 11.8 Å². The summed E-state index contributed by atoms with van der Waals surface area (Å²) in [6, 6.07) is 7.28. The first-order chi connectivity index (χ1) is 15.2. The Hall–Kier alpha value is -3.63. The molecule has 8 nitrogen and oxygen atoms in total. The second kappa shape index (κ2) is 8.48. The van der Waals surface area contributed by atoms with Gasteiger partial charge in [-0.25, -0.2) is 4.98 Å². The highest BCUT2D eigenvalue weighted by molar-refractivity contribution is 5.84. The van der Waals surface area contributed by atoms with Gasteiger partial charge in [0.2, 0.25) is 17.6 Å². The second-order valence-electron chi connectivity index (χ2n) is 7.52. The van der Waals surface area contributed by atoms with Crippen molar-refractivity contribution in [1.82, 2.24) is 25.4 Å². The molecule has 0 saturated carbocycles. The minimum absolute atomic E-state index is 0.0699. The Kier molecular flexibility index (Phi) is 5.72. The monoisotopic (exact) mass is 447 g/mol. The van der Waals surface area contributed by atoms with Crippen LogP contribution in [0.25, 0.3) is 11.6 Å². The van der Waals surface area contributed by atoms with Gasteiger partial charge in [-0.05, 0) is 36.2 Å². The molecule has 1 saturated heterocycles. The Labute approximate surface area is 180 Å². The molecule has 0 spiro atoms. The van der Waals surface area contributed by atoms with Gasteiger partial charge >= 0.3 is 6.18 Å². The number of alkyl halides is 3. The van der Waals surface area contributed by atoms with Crippen molar-refractivity contribution in [3.05, 3.63) is 59.6 Å². The number of H-pyrrole nitrogens is 1. The van der Waals surface area contributed by atoms with Crippen molar-refractivity contribution < 1.29 is 27.2 Å². The molecule has 32 heavy (non-hydrogen) atoms. The lowest BCUT2D eigenvalue weighted by atomic mass is 9.83. The topological polar surface area (TPSA) is 104 Å². The number of benzene rings is 1. The first-order valence-electron chi connectivity index (χ1n) is 9.89. The van der Waals surface area contributed by atoms with Crippen LogP contribution in [-0.4, -0.2) is 38.9 Å². The Balaban J connectivity index is 1.49. The molecular weight excluding hydrogens is 427 g/mol. The van der Waals surface area contributed by atoms with Crippen LogP contribution >= 0.6 is 0 Å². The van der Waals surface area contributed by atoms with Gasteiger partial charge in [0.15, 0.2) is 5.76 Å². The molecule has 0 aliphatic carbocycles. The van der Waals surface area contributed by atoms with Crippen molar-refractivity contribution in [2.75, 3.05) is 7.05 Å². The highest BCUT2D eigenvalue weighted by Crippen LogP contribution is 2.37. The van der Waals surface area contributed by atoms with Gasteiger partial charge in [-0.3, -0.25) is 14.7 Å². The Morgan fingerprint density at radius 2 is 2.03 bits per heavy atom. The third-order valence-electron chi connectivity index (χ3n) is 5.48. The number of furan rings is 1. The van der Waals surface area contributed by atoms with Gasteiger partial charge < -0.3 is 14.6 Å². The molecule has 2 atom stereocenters. The number of rotatable bonds is 5. The van der Waals surface area contributed by atoms with Gasteiger partial charge in [-0.15, -0.1) is 5.10 Å². The number of aromatic nitrogens is 3. The van der Waals surface area contributed by atoms with Gasteiger partial charge in [0, 0.05) is 13.5 Å². The summed E-state index contributed by atoms with van der Waals surface area (Å²) >= 11 is 0. The predicted octanol–water partition coefficient (Wildman–Crippen LogP) is 3.31. The molecule has 2 N–H and O–H groups in total. The van der Waals surface area contributed by atoms with E-state index in [-0.39, 0.29) is 31.2 Å². The summed E-state index contributed by atoms with van der Waals surface area (Å²) in [4.78, 5) is 30.9. The summed E-state index contributed by atoms with van der Waals surface area (Å²) in [6.07, 6.45) is -2.50. The average Bonchev–Trinajstić information content (AvgIpc) is 3.45. The summed E-state index contributed by atoms with van der Waals surface area (Å²) in [5, 5.41) is 9.54. The average molecular weight is 447 g/mol. The van der Waals surface area contributed by atoms with E-state index < -0.39 is 23.7 Å².